The molecule has 0 heterocycles. The number of aryl methyl sites for hydroxylation is 1. The molecular formula is C14H21ClN2O3. The molecule has 0 aromatic heterocycles. The summed E-state index contributed by atoms with van der Waals surface area (Å²) in [6, 6.07) is 5.36. The van der Waals surface area contributed by atoms with Gasteiger partial charge in [-0.3, -0.25) is 4.79 Å². The number of amides is 1. The van der Waals surface area contributed by atoms with Gasteiger partial charge in [-0.25, -0.2) is 0 Å². The van der Waals surface area contributed by atoms with Crippen LogP contribution in [0.1, 0.15) is 15.9 Å². The molecule has 1 atom stereocenters. The van der Waals surface area contributed by atoms with E-state index in [2.05, 4.69) is 10.6 Å². The van der Waals surface area contributed by atoms with Gasteiger partial charge in [0.25, 0.3) is 5.91 Å². The first-order valence-electron chi connectivity index (χ1n) is 6.44. The molecule has 0 saturated carbocycles. The molecule has 0 saturated heterocycles. The summed E-state index contributed by atoms with van der Waals surface area (Å²) in [4.78, 5) is 11.9. The second-order valence-corrected chi connectivity index (χ2v) is 4.78. The lowest BCUT2D eigenvalue weighted by Crippen LogP contribution is -2.27. The van der Waals surface area contributed by atoms with Crippen LogP contribution in [0.15, 0.2) is 18.2 Å². The van der Waals surface area contributed by atoms with E-state index in [9.17, 15) is 9.90 Å². The fourth-order valence-corrected chi connectivity index (χ4v) is 1.76. The van der Waals surface area contributed by atoms with Crippen LogP contribution in [0.5, 0.6) is 0 Å². The molecule has 0 spiro atoms. The normalized spacial score (nSPS) is 12.0. The Hall–Kier alpha value is -1.30. The van der Waals surface area contributed by atoms with Gasteiger partial charge in [0.2, 0.25) is 0 Å². The standard InChI is InChI=1S/C14H21ClN2O3/c1-10-7-11(14(19)16-5-6-20-2)3-4-13(10)17-9-12(18)8-15/h3-4,7,12,17-18H,5-6,8-9H2,1-2H3,(H,16,19). The summed E-state index contributed by atoms with van der Waals surface area (Å²) >= 11 is 5.53. The summed E-state index contributed by atoms with van der Waals surface area (Å²) in [5.41, 5.74) is 2.41. The maximum Gasteiger partial charge on any atom is 0.251 e. The van der Waals surface area contributed by atoms with Crippen LogP contribution in [0.25, 0.3) is 0 Å². The highest BCUT2D eigenvalue weighted by Gasteiger charge is 2.08. The van der Waals surface area contributed by atoms with Gasteiger partial charge in [-0.15, -0.1) is 11.6 Å². The van der Waals surface area contributed by atoms with Crippen molar-refractivity contribution >= 4 is 23.2 Å². The van der Waals surface area contributed by atoms with Gasteiger partial charge in [0, 0.05) is 31.5 Å². The Morgan fingerprint density at radius 3 is 2.85 bits per heavy atom. The molecule has 0 bridgehead atoms. The highest BCUT2D eigenvalue weighted by molar-refractivity contribution is 6.18. The smallest absolute Gasteiger partial charge is 0.251 e. The van der Waals surface area contributed by atoms with E-state index in [0.29, 0.717) is 25.3 Å². The Morgan fingerprint density at radius 2 is 2.25 bits per heavy atom. The van der Waals surface area contributed by atoms with E-state index in [1.54, 1.807) is 19.2 Å². The van der Waals surface area contributed by atoms with Gasteiger partial charge in [0.15, 0.2) is 0 Å². The molecule has 20 heavy (non-hydrogen) atoms. The van der Waals surface area contributed by atoms with Crippen LogP contribution in [0.3, 0.4) is 0 Å². The lowest BCUT2D eigenvalue weighted by molar-refractivity contribution is 0.0937. The van der Waals surface area contributed by atoms with Crippen LogP contribution in [0, 0.1) is 6.92 Å². The molecule has 1 aromatic carbocycles. The third-order valence-corrected chi connectivity index (χ3v) is 3.14. The van der Waals surface area contributed by atoms with Gasteiger partial charge >= 0.3 is 0 Å². The van der Waals surface area contributed by atoms with E-state index in [0.717, 1.165) is 11.3 Å². The highest BCUT2D eigenvalue weighted by atomic mass is 35.5. The molecular weight excluding hydrogens is 280 g/mol. The molecule has 5 nitrogen and oxygen atoms in total. The van der Waals surface area contributed by atoms with E-state index < -0.39 is 6.10 Å². The number of benzene rings is 1. The van der Waals surface area contributed by atoms with E-state index >= 15 is 0 Å². The van der Waals surface area contributed by atoms with Crippen molar-refractivity contribution in [3.63, 3.8) is 0 Å². The number of nitrogens with one attached hydrogen (secondary N) is 2. The SMILES string of the molecule is COCCNC(=O)c1ccc(NCC(O)CCl)c(C)c1. The van der Waals surface area contributed by atoms with Crippen molar-refractivity contribution in [3.8, 4) is 0 Å². The van der Waals surface area contributed by atoms with Crippen LogP contribution < -0.4 is 10.6 Å². The fraction of sp³-hybridized carbons (Fsp3) is 0.500. The number of carbonyl (C=O) groups excluding carboxylic acids is 1. The first-order chi connectivity index (χ1) is 9.58. The monoisotopic (exact) mass is 300 g/mol. The molecule has 1 unspecified atom stereocenters. The van der Waals surface area contributed by atoms with Gasteiger partial charge in [-0.1, -0.05) is 0 Å². The molecule has 6 heteroatoms. The predicted octanol–water partition coefficient (Wildman–Crippen LogP) is 1.38. The second kappa shape index (κ2) is 8.79. The van der Waals surface area contributed by atoms with E-state index in [1.165, 1.54) is 0 Å². The van der Waals surface area contributed by atoms with Crippen molar-refractivity contribution in [1.29, 1.82) is 0 Å². The molecule has 1 aromatic rings. The van der Waals surface area contributed by atoms with E-state index in [-0.39, 0.29) is 11.8 Å². The van der Waals surface area contributed by atoms with Crippen molar-refractivity contribution in [2.45, 2.75) is 13.0 Å². The van der Waals surface area contributed by atoms with Crippen LogP contribution in [0.4, 0.5) is 5.69 Å². The first-order valence-corrected chi connectivity index (χ1v) is 6.97. The third kappa shape index (κ3) is 5.36. The zero-order valence-corrected chi connectivity index (χ0v) is 12.5. The molecule has 3 N–H and O–H groups in total. The quantitative estimate of drug-likeness (QED) is 0.501. The Kier molecular flexibility index (Phi) is 7.36. The molecule has 112 valence electrons. The van der Waals surface area contributed by atoms with E-state index in [4.69, 9.17) is 16.3 Å². The summed E-state index contributed by atoms with van der Waals surface area (Å²) in [6.45, 7) is 3.25. The number of aliphatic hydroxyl groups is 1. The van der Waals surface area contributed by atoms with Crippen molar-refractivity contribution in [1.82, 2.24) is 5.32 Å². The van der Waals surface area contributed by atoms with Crippen molar-refractivity contribution < 1.29 is 14.6 Å². The molecule has 0 aliphatic rings. The van der Waals surface area contributed by atoms with Crippen molar-refractivity contribution in [2.75, 3.05) is 38.0 Å². The number of anilines is 1. The maximum absolute atomic E-state index is 11.9. The van der Waals surface area contributed by atoms with Crippen molar-refractivity contribution in [2.24, 2.45) is 0 Å². The molecule has 0 aliphatic heterocycles. The first kappa shape index (κ1) is 16.8. The summed E-state index contributed by atoms with van der Waals surface area (Å²) < 4.78 is 4.88. The van der Waals surface area contributed by atoms with Gasteiger partial charge in [0.1, 0.15) is 0 Å². The highest BCUT2D eigenvalue weighted by Crippen LogP contribution is 2.16. The Bertz CT molecular complexity index is 440. The number of hydrogen-bond donors (Lipinski definition) is 3. The topological polar surface area (TPSA) is 70.6 Å². The van der Waals surface area contributed by atoms with Gasteiger partial charge in [-0.05, 0) is 30.7 Å². The van der Waals surface area contributed by atoms with Gasteiger partial charge in [0.05, 0.1) is 18.6 Å². The zero-order chi connectivity index (χ0) is 15.0. The van der Waals surface area contributed by atoms with Gasteiger partial charge < -0.3 is 20.5 Å². The van der Waals surface area contributed by atoms with E-state index in [1.807, 2.05) is 13.0 Å². The summed E-state index contributed by atoms with van der Waals surface area (Å²) in [5, 5.41) is 15.3. The van der Waals surface area contributed by atoms with Crippen LogP contribution in [0.2, 0.25) is 0 Å². The lowest BCUT2D eigenvalue weighted by atomic mass is 10.1. The number of halogens is 1. The zero-order valence-electron chi connectivity index (χ0n) is 11.8. The summed E-state index contributed by atoms with van der Waals surface area (Å²) in [6.07, 6.45) is -0.590. The Morgan fingerprint density at radius 1 is 1.50 bits per heavy atom. The minimum absolute atomic E-state index is 0.127. The molecule has 1 amide bonds. The number of alkyl halides is 1. The number of methoxy groups -OCH3 is 1. The van der Waals surface area contributed by atoms with Crippen LogP contribution in [-0.4, -0.2) is 49.8 Å². The molecule has 0 fully saturated rings. The summed E-state index contributed by atoms with van der Waals surface area (Å²) in [5.74, 6) is 0.0592. The minimum atomic E-state index is -0.590. The number of hydrogen-bond acceptors (Lipinski definition) is 4. The van der Waals surface area contributed by atoms with Crippen LogP contribution >= 0.6 is 11.6 Å². The predicted molar refractivity (Wildman–Crippen MR) is 80.6 cm³/mol. The van der Waals surface area contributed by atoms with Gasteiger partial charge in [-0.2, -0.15) is 0 Å². The number of aliphatic hydroxyl groups excluding tert-OH is 1. The minimum Gasteiger partial charge on any atom is -0.390 e. The lowest BCUT2D eigenvalue weighted by Gasteiger charge is -2.13. The Labute approximate surface area is 124 Å². The molecule has 0 aliphatic carbocycles. The molecule has 1 rings (SSSR count). The number of ether oxygens (including phenoxy) is 1. The third-order valence-electron chi connectivity index (χ3n) is 2.79. The van der Waals surface area contributed by atoms with Crippen molar-refractivity contribution in [3.05, 3.63) is 29.3 Å². The Balaban J connectivity index is 2.60. The second-order valence-electron chi connectivity index (χ2n) is 4.47. The largest absolute Gasteiger partial charge is 0.390 e. The maximum atomic E-state index is 11.9. The average molecular weight is 301 g/mol. The summed E-state index contributed by atoms with van der Waals surface area (Å²) in [7, 11) is 1.59. The van der Waals surface area contributed by atoms with Crippen LogP contribution in [-0.2, 0) is 4.74 Å². The fourth-order valence-electron chi connectivity index (χ4n) is 1.65. The molecule has 0 radical (unpaired) electrons. The number of carbonyl (C=O) groups is 1. The number of rotatable bonds is 8. The average Bonchev–Trinajstić information content (AvgIpc) is 2.45.